The van der Waals surface area contributed by atoms with Crippen LogP contribution in [-0.4, -0.2) is 71.9 Å². The quantitative estimate of drug-likeness (QED) is 0.500. The van der Waals surface area contributed by atoms with Gasteiger partial charge in [0.25, 0.3) is 5.91 Å². The summed E-state index contributed by atoms with van der Waals surface area (Å²) in [7, 11) is -3.57. The molecule has 0 aliphatic carbocycles. The third kappa shape index (κ3) is 8.54. The molecular weight excluding hydrogens is 496 g/mol. The van der Waals surface area contributed by atoms with Crippen LogP contribution < -0.4 is 0 Å². The fraction of sp³-hybridized carbons (Fsp3) is 0.370. The van der Waals surface area contributed by atoms with E-state index >= 15 is 0 Å². The van der Waals surface area contributed by atoms with Crippen LogP contribution in [0.4, 0.5) is 0 Å². The highest BCUT2D eigenvalue weighted by atomic mass is 32.2. The van der Waals surface area contributed by atoms with Crippen molar-refractivity contribution in [2.45, 2.75) is 31.4 Å². The molecule has 2 aliphatic rings. The fourth-order valence-corrected chi connectivity index (χ4v) is 6.13. The number of carbonyl (C=O) groups excluding carboxylic acids is 1. The molecule has 2 heterocycles. The first kappa shape index (κ1) is 28.1. The summed E-state index contributed by atoms with van der Waals surface area (Å²) in [5, 5.41) is 15.6. The van der Waals surface area contributed by atoms with E-state index in [1.807, 2.05) is 0 Å². The summed E-state index contributed by atoms with van der Waals surface area (Å²) in [5.41, 5.74) is 2.53. The number of carboxylic acids is 2. The summed E-state index contributed by atoms with van der Waals surface area (Å²) >= 11 is 0. The zero-order valence-electron chi connectivity index (χ0n) is 20.5. The minimum absolute atomic E-state index is 0.0835. The van der Waals surface area contributed by atoms with Gasteiger partial charge in [-0.25, -0.2) is 22.3 Å². The second-order valence-electron chi connectivity index (χ2n) is 9.13. The molecule has 9 nitrogen and oxygen atoms in total. The number of rotatable bonds is 8. The van der Waals surface area contributed by atoms with E-state index in [0.717, 1.165) is 30.4 Å². The molecule has 2 N–H and O–H groups in total. The standard InChI is InChI=1S/C23H28N2O3S.C4H4O4/c26-23-22-10-5-4-9-21(22)18-29(27,28)25(23)14-6-13-24-15-11-20(12-16-24)17-19-7-2-1-3-8-19;5-3(6)1-2-4(7)8/h1-5,7-10,20H,6,11-18H2;1-2H,(H,5,6)(H,7,8). The largest absolute Gasteiger partial charge is 0.478 e. The molecule has 0 bridgehead atoms. The number of hydrogen-bond donors (Lipinski definition) is 2. The van der Waals surface area contributed by atoms with E-state index in [1.165, 1.54) is 18.4 Å². The third-order valence-corrected chi connectivity index (χ3v) is 8.12. The van der Waals surface area contributed by atoms with Crippen molar-refractivity contribution < 1.29 is 33.0 Å². The van der Waals surface area contributed by atoms with E-state index in [4.69, 9.17) is 10.2 Å². The molecule has 2 aromatic rings. The van der Waals surface area contributed by atoms with Gasteiger partial charge in [-0.3, -0.25) is 4.79 Å². The normalized spacial score (nSPS) is 17.6. The smallest absolute Gasteiger partial charge is 0.328 e. The highest BCUT2D eigenvalue weighted by Crippen LogP contribution is 2.25. The molecule has 0 spiro atoms. The lowest BCUT2D eigenvalue weighted by Gasteiger charge is -2.33. The van der Waals surface area contributed by atoms with Crippen LogP contribution >= 0.6 is 0 Å². The summed E-state index contributed by atoms with van der Waals surface area (Å²) in [6.45, 7) is 3.18. The summed E-state index contributed by atoms with van der Waals surface area (Å²) < 4.78 is 26.2. The summed E-state index contributed by atoms with van der Waals surface area (Å²) in [6.07, 6.45) is 5.27. The van der Waals surface area contributed by atoms with Crippen molar-refractivity contribution in [3.8, 4) is 0 Å². The van der Waals surface area contributed by atoms with Crippen LogP contribution in [0.2, 0.25) is 0 Å². The van der Waals surface area contributed by atoms with Crippen molar-refractivity contribution in [3.63, 3.8) is 0 Å². The van der Waals surface area contributed by atoms with Crippen molar-refractivity contribution in [2.75, 3.05) is 26.2 Å². The highest BCUT2D eigenvalue weighted by Gasteiger charge is 2.35. The van der Waals surface area contributed by atoms with Gasteiger partial charge in [-0.1, -0.05) is 48.5 Å². The number of carboxylic acid groups (broad SMARTS) is 2. The molecule has 0 aromatic heterocycles. The maximum Gasteiger partial charge on any atom is 0.328 e. The molecule has 0 unspecified atom stereocenters. The lowest BCUT2D eigenvalue weighted by atomic mass is 9.90. The number of hydrogen-bond acceptors (Lipinski definition) is 6. The minimum Gasteiger partial charge on any atom is -0.478 e. The molecule has 1 fully saturated rings. The molecule has 0 atom stereocenters. The van der Waals surface area contributed by atoms with Crippen molar-refractivity contribution in [2.24, 2.45) is 5.92 Å². The number of sulfonamides is 1. The number of likely N-dealkylation sites (tertiary alicyclic amines) is 1. The van der Waals surface area contributed by atoms with E-state index in [9.17, 15) is 22.8 Å². The summed E-state index contributed by atoms with van der Waals surface area (Å²) in [4.78, 5) is 34.2. The average molecular weight is 529 g/mol. The molecule has 4 rings (SSSR count). The summed E-state index contributed by atoms with van der Waals surface area (Å²) in [5.74, 6) is -2.26. The maximum atomic E-state index is 12.7. The Labute approximate surface area is 217 Å². The van der Waals surface area contributed by atoms with Gasteiger partial charge >= 0.3 is 11.9 Å². The van der Waals surface area contributed by atoms with Gasteiger partial charge in [-0.15, -0.1) is 0 Å². The zero-order valence-corrected chi connectivity index (χ0v) is 21.3. The monoisotopic (exact) mass is 528 g/mol. The third-order valence-electron chi connectivity index (χ3n) is 6.43. The van der Waals surface area contributed by atoms with Crippen LogP contribution in [-0.2, 0) is 31.8 Å². The second kappa shape index (κ2) is 13.2. The van der Waals surface area contributed by atoms with Crippen molar-refractivity contribution in [3.05, 3.63) is 83.4 Å². The number of aliphatic carboxylic acids is 2. The molecule has 0 radical (unpaired) electrons. The number of fused-ring (bicyclic) bond motifs is 1. The van der Waals surface area contributed by atoms with Gasteiger partial charge in [-0.2, -0.15) is 0 Å². The first-order chi connectivity index (χ1) is 17.7. The van der Waals surface area contributed by atoms with Gasteiger partial charge < -0.3 is 15.1 Å². The van der Waals surface area contributed by atoms with Gasteiger partial charge in [0.2, 0.25) is 10.0 Å². The Morgan fingerprint density at radius 1 is 0.892 bits per heavy atom. The van der Waals surface area contributed by atoms with Gasteiger partial charge in [-0.05, 0) is 68.4 Å². The summed E-state index contributed by atoms with van der Waals surface area (Å²) in [6, 6.07) is 17.6. The molecule has 2 aliphatic heterocycles. The van der Waals surface area contributed by atoms with E-state index in [0.29, 0.717) is 35.6 Å². The second-order valence-corrected chi connectivity index (χ2v) is 11.0. The topological polar surface area (TPSA) is 132 Å². The molecule has 1 amide bonds. The van der Waals surface area contributed by atoms with Crippen molar-refractivity contribution >= 4 is 27.9 Å². The number of nitrogens with zero attached hydrogens (tertiary/aromatic N) is 2. The molecule has 0 saturated carbocycles. The minimum atomic E-state index is -3.57. The average Bonchev–Trinajstić information content (AvgIpc) is 2.86. The first-order valence-corrected chi connectivity index (χ1v) is 13.8. The van der Waals surface area contributed by atoms with Crippen LogP contribution in [0.15, 0.2) is 66.7 Å². The van der Waals surface area contributed by atoms with E-state index in [1.54, 1.807) is 24.3 Å². The first-order valence-electron chi connectivity index (χ1n) is 12.2. The number of carbonyl (C=O) groups is 3. The molecular formula is C27H32N2O7S. The molecule has 10 heteroatoms. The van der Waals surface area contributed by atoms with Crippen molar-refractivity contribution in [1.82, 2.24) is 9.21 Å². The zero-order chi connectivity index (χ0) is 26.8. The molecule has 198 valence electrons. The van der Waals surface area contributed by atoms with Crippen LogP contribution in [0, 0.1) is 5.92 Å². The number of benzene rings is 2. The lowest BCUT2D eigenvalue weighted by Crippen LogP contribution is -2.43. The van der Waals surface area contributed by atoms with Gasteiger partial charge in [0, 0.05) is 24.3 Å². The molecule has 1 saturated heterocycles. The Kier molecular flexibility index (Phi) is 9.99. The highest BCUT2D eigenvalue weighted by molar-refractivity contribution is 7.89. The van der Waals surface area contributed by atoms with Crippen LogP contribution in [0.25, 0.3) is 0 Å². The van der Waals surface area contributed by atoms with E-state index in [-0.39, 0.29) is 18.2 Å². The SMILES string of the molecule is O=C(O)C=CC(=O)O.O=C1c2ccccc2CS(=O)(=O)N1CCCN1CCC(Cc2ccccc2)CC1. The number of piperidine rings is 1. The van der Waals surface area contributed by atoms with E-state index in [2.05, 4.69) is 35.2 Å². The van der Waals surface area contributed by atoms with Crippen LogP contribution in [0.5, 0.6) is 0 Å². The number of amides is 1. The maximum absolute atomic E-state index is 12.7. The van der Waals surface area contributed by atoms with Gasteiger partial charge in [0.05, 0.1) is 5.75 Å². The predicted molar refractivity (Wildman–Crippen MR) is 138 cm³/mol. The van der Waals surface area contributed by atoms with Crippen LogP contribution in [0.1, 0.15) is 40.7 Å². The van der Waals surface area contributed by atoms with Crippen molar-refractivity contribution in [1.29, 1.82) is 0 Å². The Bertz CT molecular complexity index is 1200. The van der Waals surface area contributed by atoms with E-state index < -0.39 is 22.0 Å². The Balaban J connectivity index is 0.000000414. The van der Waals surface area contributed by atoms with Crippen LogP contribution in [0.3, 0.4) is 0 Å². The lowest BCUT2D eigenvalue weighted by molar-refractivity contribution is -0.134. The predicted octanol–water partition coefficient (Wildman–Crippen LogP) is 3.03. The fourth-order valence-electron chi connectivity index (χ4n) is 4.57. The molecule has 2 aromatic carbocycles. The molecule has 37 heavy (non-hydrogen) atoms. The Morgan fingerprint density at radius 2 is 1.49 bits per heavy atom. The Hall–Kier alpha value is -3.50. The van der Waals surface area contributed by atoms with Gasteiger partial charge in [0.1, 0.15) is 0 Å². The Morgan fingerprint density at radius 3 is 2.11 bits per heavy atom. The van der Waals surface area contributed by atoms with Gasteiger partial charge in [0.15, 0.2) is 0 Å².